The first-order valence-corrected chi connectivity index (χ1v) is 8.69. The smallest absolute Gasteiger partial charge is 0.323 e. The third kappa shape index (κ3) is 5.44. The molecule has 0 saturated heterocycles. The fraction of sp³-hybridized carbons (Fsp3) is 0.647. The van der Waals surface area contributed by atoms with Crippen LogP contribution < -0.4 is 15.2 Å². The Bertz CT molecular complexity index is 647. The van der Waals surface area contributed by atoms with Crippen molar-refractivity contribution >= 4 is 19.5 Å². The van der Waals surface area contributed by atoms with E-state index in [0.29, 0.717) is 23.4 Å². The molecule has 134 valence electrons. The maximum Gasteiger partial charge on any atom is 0.323 e. The number of ether oxygens (including phenoxy) is 1. The quantitative estimate of drug-likeness (QED) is 0.645. The predicted molar refractivity (Wildman–Crippen MR) is 97.6 cm³/mol. The van der Waals surface area contributed by atoms with E-state index < -0.39 is 0 Å². The second kappa shape index (κ2) is 8.83. The molecule has 2 radical (unpaired) electrons. The molecule has 0 spiro atoms. The summed E-state index contributed by atoms with van der Waals surface area (Å²) in [6, 6.07) is 0.552. The van der Waals surface area contributed by atoms with Crippen LogP contribution in [0.25, 0.3) is 0 Å². The van der Waals surface area contributed by atoms with E-state index in [0.717, 1.165) is 25.2 Å². The predicted octanol–water partition coefficient (Wildman–Crippen LogP) is 2.10. The Labute approximate surface area is 150 Å². The summed E-state index contributed by atoms with van der Waals surface area (Å²) in [5, 5.41) is 4.00. The van der Waals surface area contributed by atoms with Crippen molar-refractivity contribution in [1.29, 1.82) is 0 Å². The van der Waals surface area contributed by atoms with Crippen LogP contribution >= 0.6 is 0 Å². The summed E-state index contributed by atoms with van der Waals surface area (Å²) in [5.74, 6) is 1.84. The third-order valence-electron chi connectivity index (χ3n) is 4.25. The van der Waals surface area contributed by atoms with Gasteiger partial charge in [-0.15, -0.1) is 0 Å². The molecule has 2 aromatic heterocycles. The van der Waals surface area contributed by atoms with E-state index in [1.807, 2.05) is 25.8 Å². The summed E-state index contributed by atoms with van der Waals surface area (Å²) < 4.78 is 11.2. The van der Waals surface area contributed by atoms with Crippen molar-refractivity contribution in [2.24, 2.45) is 5.92 Å². The molecule has 8 heteroatoms. The maximum atomic E-state index is 5.90. The molecule has 2 heterocycles. The Balaban J connectivity index is 1.88. The highest BCUT2D eigenvalue weighted by Crippen LogP contribution is 2.21. The molecule has 2 aromatic rings. The molecule has 7 nitrogen and oxygen atoms in total. The number of nitrogens with zero attached hydrogens (tertiary/aromatic N) is 5. The van der Waals surface area contributed by atoms with Crippen LogP contribution in [0, 0.1) is 5.92 Å². The first kappa shape index (κ1) is 19.2. The number of hydrogen-bond acceptors (Lipinski definition) is 7. The molecule has 0 aliphatic rings. The van der Waals surface area contributed by atoms with Crippen LogP contribution in [0.5, 0.6) is 5.88 Å². The molecule has 25 heavy (non-hydrogen) atoms. The van der Waals surface area contributed by atoms with Gasteiger partial charge < -0.3 is 14.2 Å². The molecule has 0 N–H and O–H groups in total. The second-order valence-corrected chi connectivity index (χ2v) is 6.57. The number of anilines is 1. The lowest BCUT2D eigenvalue weighted by Gasteiger charge is -2.25. The maximum absolute atomic E-state index is 5.90. The summed E-state index contributed by atoms with van der Waals surface area (Å²) in [5.41, 5.74) is 0.383. The van der Waals surface area contributed by atoms with E-state index in [2.05, 4.69) is 34.0 Å². The number of hydrogen-bond donors (Lipinski definition) is 0. The van der Waals surface area contributed by atoms with Gasteiger partial charge in [-0.2, -0.15) is 4.98 Å². The minimum atomic E-state index is 0.0187. The van der Waals surface area contributed by atoms with Crippen molar-refractivity contribution in [1.82, 2.24) is 20.1 Å². The topological polar surface area (TPSA) is 77.2 Å². The highest BCUT2D eigenvalue weighted by Gasteiger charge is 2.20. The summed E-state index contributed by atoms with van der Waals surface area (Å²) in [6.45, 7) is 9.10. The number of rotatable bonds is 9. The minimum Gasteiger partial charge on any atom is -0.473 e. The normalized spacial score (nSPS) is 13.7. The van der Waals surface area contributed by atoms with Gasteiger partial charge in [-0.1, -0.05) is 25.9 Å². The van der Waals surface area contributed by atoms with E-state index in [4.69, 9.17) is 17.1 Å². The van der Waals surface area contributed by atoms with Crippen LogP contribution in [-0.4, -0.2) is 47.7 Å². The lowest BCUT2D eigenvalue weighted by atomic mass is 9.96. The zero-order valence-corrected chi connectivity index (χ0v) is 15.6. The summed E-state index contributed by atoms with van der Waals surface area (Å²) in [7, 11) is 7.51. The molecule has 0 amide bonds. The molecule has 0 aromatic carbocycles. The van der Waals surface area contributed by atoms with Gasteiger partial charge in [-0.25, -0.2) is 4.98 Å². The Hall–Kier alpha value is -2.12. The van der Waals surface area contributed by atoms with Gasteiger partial charge in [-0.05, 0) is 25.7 Å². The van der Waals surface area contributed by atoms with Crippen molar-refractivity contribution in [3.05, 3.63) is 18.2 Å². The average molecular weight is 343 g/mol. The van der Waals surface area contributed by atoms with Gasteiger partial charge in [0.1, 0.15) is 14.0 Å². The van der Waals surface area contributed by atoms with Gasteiger partial charge in [-0.3, -0.25) is 4.98 Å². The molecular weight excluding hydrogens is 317 g/mol. The van der Waals surface area contributed by atoms with Crippen molar-refractivity contribution in [2.45, 2.75) is 52.6 Å². The van der Waals surface area contributed by atoms with E-state index in [1.54, 1.807) is 6.20 Å². The Kier molecular flexibility index (Phi) is 6.78. The van der Waals surface area contributed by atoms with Gasteiger partial charge in [0.25, 0.3) is 0 Å². The monoisotopic (exact) mass is 343 g/mol. The van der Waals surface area contributed by atoms with E-state index in [9.17, 15) is 0 Å². The minimum absolute atomic E-state index is 0.0187. The first-order valence-electron chi connectivity index (χ1n) is 8.69. The van der Waals surface area contributed by atoms with Crippen LogP contribution in [0.3, 0.4) is 0 Å². The van der Waals surface area contributed by atoms with Gasteiger partial charge in [0.15, 0.2) is 5.82 Å². The van der Waals surface area contributed by atoms with E-state index in [1.165, 1.54) is 6.20 Å². The Morgan fingerprint density at radius 1 is 1.24 bits per heavy atom. The lowest BCUT2D eigenvalue weighted by Crippen LogP contribution is -2.29. The molecule has 0 aliphatic carbocycles. The molecule has 1 unspecified atom stereocenters. The highest BCUT2D eigenvalue weighted by atomic mass is 16.5. The molecular formula is C17H26BN5O2. The fourth-order valence-electron chi connectivity index (χ4n) is 2.52. The summed E-state index contributed by atoms with van der Waals surface area (Å²) in [4.78, 5) is 14.6. The van der Waals surface area contributed by atoms with Crippen LogP contribution in [0.15, 0.2) is 16.9 Å². The van der Waals surface area contributed by atoms with E-state index >= 15 is 0 Å². The largest absolute Gasteiger partial charge is 0.473 e. The number of aromatic nitrogens is 4. The highest BCUT2D eigenvalue weighted by molar-refractivity contribution is 6.30. The molecule has 2 atom stereocenters. The van der Waals surface area contributed by atoms with Gasteiger partial charge >= 0.3 is 6.01 Å². The molecule has 2 rings (SSSR count). The second-order valence-electron chi connectivity index (χ2n) is 6.57. The fourth-order valence-corrected chi connectivity index (χ4v) is 2.52. The average Bonchev–Trinajstić information content (AvgIpc) is 3.08. The molecule has 0 fully saturated rings. The van der Waals surface area contributed by atoms with Crippen molar-refractivity contribution in [3.8, 4) is 5.88 Å². The third-order valence-corrected chi connectivity index (χ3v) is 4.25. The van der Waals surface area contributed by atoms with Crippen LogP contribution in [-0.2, 0) is 0 Å². The zero-order valence-electron chi connectivity index (χ0n) is 15.6. The van der Waals surface area contributed by atoms with Crippen LogP contribution in [0.2, 0.25) is 0 Å². The Morgan fingerprint density at radius 2 is 2.00 bits per heavy atom. The summed E-state index contributed by atoms with van der Waals surface area (Å²) in [6.07, 6.45) is 5.01. The Morgan fingerprint density at radius 3 is 2.56 bits per heavy atom. The molecule has 0 bridgehead atoms. The zero-order chi connectivity index (χ0) is 18.4. The van der Waals surface area contributed by atoms with Crippen LogP contribution in [0.1, 0.15) is 52.3 Å². The van der Waals surface area contributed by atoms with Crippen molar-refractivity contribution < 1.29 is 9.26 Å². The summed E-state index contributed by atoms with van der Waals surface area (Å²) >= 11 is 0. The van der Waals surface area contributed by atoms with Crippen molar-refractivity contribution in [2.75, 3.05) is 18.5 Å². The molecule has 0 aliphatic heterocycles. The van der Waals surface area contributed by atoms with E-state index in [-0.39, 0.29) is 12.0 Å². The first-order chi connectivity index (χ1) is 11.9. The van der Waals surface area contributed by atoms with Crippen LogP contribution in [0.4, 0.5) is 6.01 Å². The molecule has 0 saturated carbocycles. The van der Waals surface area contributed by atoms with Gasteiger partial charge in [0.05, 0.1) is 6.20 Å². The lowest BCUT2D eigenvalue weighted by molar-refractivity contribution is 0.136. The van der Waals surface area contributed by atoms with Crippen molar-refractivity contribution in [3.63, 3.8) is 0 Å². The SMILES string of the molecule is [B]c1cnc(O[C@@H](C)C(CC)CCN(C)c2nc(C(C)C)no2)cn1. The van der Waals surface area contributed by atoms with Gasteiger partial charge in [0.2, 0.25) is 5.88 Å². The standard InChI is InChI=1S/C17H26BN5O2/c1-6-13(12(4)24-15-10-19-14(18)9-20-15)7-8-23(5)17-21-16(11(2)3)22-25-17/h9-13H,6-8H2,1-5H3/t12-,13?/m0/s1. The van der Waals surface area contributed by atoms with Gasteiger partial charge in [0, 0.05) is 31.3 Å².